The smallest absolute Gasteiger partial charge is 0.0793 e. The maximum absolute atomic E-state index is 9.92. The van der Waals surface area contributed by atoms with Crippen molar-refractivity contribution in [1.82, 2.24) is 9.80 Å². The minimum Gasteiger partial charge on any atom is -0.390 e. The summed E-state index contributed by atoms with van der Waals surface area (Å²) >= 11 is 0. The van der Waals surface area contributed by atoms with Crippen molar-refractivity contribution in [1.29, 1.82) is 0 Å². The summed E-state index contributed by atoms with van der Waals surface area (Å²) in [6, 6.07) is 0. The van der Waals surface area contributed by atoms with Crippen LogP contribution in [0.1, 0.15) is 0 Å². The molecule has 0 spiro atoms. The summed E-state index contributed by atoms with van der Waals surface area (Å²) in [4.78, 5) is 4.10. The van der Waals surface area contributed by atoms with E-state index in [1.54, 1.807) is 0 Å². The predicted octanol–water partition coefficient (Wildman–Crippen LogP) is -2.07. The number of hydrogen-bond acceptors (Lipinski definition) is 6. The van der Waals surface area contributed by atoms with Crippen LogP contribution in [0.5, 0.6) is 0 Å². The molecule has 0 aromatic rings. The topological polar surface area (TPSA) is 82.2 Å². The van der Waals surface area contributed by atoms with E-state index in [0.717, 1.165) is 26.3 Å². The molecule has 6 nitrogen and oxygen atoms in total. The lowest BCUT2D eigenvalue weighted by molar-refractivity contribution is 0.00601. The predicted molar refractivity (Wildman–Crippen MR) is 65.8 cm³/mol. The Bertz CT molecular complexity index is 200. The third-order valence-corrected chi connectivity index (χ3v) is 2.89. The second kappa shape index (κ2) is 7.97. The maximum Gasteiger partial charge on any atom is 0.0793 e. The zero-order valence-corrected chi connectivity index (χ0v) is 10.6. The summed E-state index contributed by atoms with van der Waals surface area (Å²) in [6.45, 7) is 5.21. The summed E-state index contributed by atoms with van der Waals surface area (Å²) in [5, 5.41) is 19.3. The highest BCUT2D eigenvalue weighted by Crippen LogP contribution is 2.00. The fourth-order valence-electron chi connectivity index (χ4n) is 2.01. The lowest BCUT2D eigenvalue weighted by Crippen LogP contribution is -2.45. The van der Waals surface area contributed by atoms with Crippen molar-refractivity contribution in [3.05, 3.63) is 0 Å². The van der Waals surface area contributed by atoms with Gasteiger partial charge in [0.05, 0.1) is 25.4 Å². The van der Waals surface area contributed by atoms with Crippen molar-refractivity contribution in [2.45, 2.75) is 12.2 Å². The minimum absolute atomic E-state index is 0.254. The Kier molecular flexibility index (Phi) is 6.94. The van der Waals surface area contributed by atoms with Crippen molar-refractivity contribution in [2.24, 2.45) is 5.73 Å². The van der Waals surface area contributed by atoms with E-state index < -0.39 is 12.2 Å². The molecule has 102 valence electrons. The molecule has 0 unspecified atom stereocenters. The molecule has 0 aromatic carbocycles. The summed E-state index contributed by atoms with van der Waals surface area (Å²) < 4.78 is 5.25. The SMILES string of the molecule is CN(C[C@H](O)CN)C[C@@H](O)CN1CCOCC1. The fourth-order valence-corrected chi connectivity index (χ4v) is 2.01. The summed E-state index contributed by atoms with van der Waals surface area (Å²) in [5.74, 6) is 0. The number of aliphatic hydroxyl groups is 2. The van der Waals surface area contributed by atoms with E-state index in [1.165, 1.54) is 0 Å². The first-order valence-corrected chi connectivity index (χ1v) is 6.16. The quantitative estimate of drug-likeness (QED) is 0.479. The van der Waals surface area contributed by atoms with Gasteiger partial charge in [-0.3, -0.25) is 4.90 Å². The molecule has 6 heteroatoms. The first kappa shape index (κ1) is 14.8. The average Bonchev–Trinajstić information content (AvgIpc) is 2.29. The van der Waals surface area contributed by atoms with Crippen LogP contribution in [0.2, 0.25) is 0 Å². The van der Waals surface area contributed by atoms with Gasteiger partial charge in [0, 0.05) is 39.3 Å². The number of aliphatic hydroxyl groups excluding tert-OH is 2. The van der Waals surface area contributed by atoms with Crippen molar-refractivity contribution < 1.29 is 14.9 Å². The lowest BCUT2D eigenvalue weighted by atomic mass is 10.2. The molecular weight excluding hydrogens is 222 g/mol. The van der Waals surface area contributed by atoms with Crippen molar-refractivity contribution >= 4 is 0 Å². The third-order valence-electron chi connectivity index (χ3n) is 2.89. The van der Waals surface area contributed by atoms with Crippen LogP contribution >= 0.6 is 0 Å². The van der Waals surface area contributed by atoms with E-state index in [4.69, 9.17) is 10.5 Å². The van der Waals surface area contributed by atoms with Gasteiger partial charge in [-0.2, -0.15) is 0 Å². The Hall–Kier alpha value is -0.240. The van der Waals surface area contributed by atoms with Gasteiger partial charge in [-0.15, -0.1) is 0 Å². The number of hydrogen-bond donors (Lipinski definition) is 3. The summed E-state index contributed by atoms with van der Waals surface area (Å²) in [6.07, 6.45) is -0.918. The van der Waals surface area contributed by atoms with Gasteiger partial charge < -0.3 is 25.6 Å². The second-order valence-electron chi connectivity index (χ2n) is 4.68. The summed E-state index contributed by atoms with van der Waals surface area (Å²) in [7, 11) is 1.88. The van der Waals surface area contributed by atoms with Gasteiger partial charge in [0.25, 0.3) is 0 Å². The van der Waals surface area contributed by atoms with Gasteiger partial charge in [-0.1, -0.05) is 0 Å². The molecular formula is C11H25N3O3. The monoisotopic (exact) mass is 247 g/mol. The zero-order valence-electron chi connectivity index (χ0n) is 10.6. The zero-order chi connectivity index (χ0) is 12.7. The molecule has 1 aliphatic rings. The molecule has 0 aromatic heterocycles. The number of β-amino-alcohol motifs (C(OH)–C–C–N with tert-alkyl or cyclic N) is 1. The highest BCUT2D eigenvalue weighted by molar-refractivity contribution is 4.71. The van der Waals surface area contributed by atoms with Crippen LogP contribution in [0.25, 0.3) is 0 Å². The molecule has 1 fully saturated rings. The van der Waals surface area contributed by atoms with Crippen LogP contribution in [0.3, 0.4) is 0 Å². The molecule has 4 N–H and O–H groups in total. The molecule has 1 saturated heterocycles. The van der Waals surface area contributed by atoms with E-state index >= 15 is 0 Å². The van der Waals surface area contributed by atoms with Gasteiger partial charge in [-0.05, 0) is 7.05 Å². The second-order valence-corrected chi connectivity index (χ2v) is 4.68. The lowest BCUT2D eigenvalue weighted by Gasteiger charge is -2.30. The molecule has 0 aliphatic carbocycles. The normalized spacial score (nSPS) is 21.7. The third kappa shape index (κ3) is 6.30. The van der Waals surface area contributed by atoms with Gasteiger partial charge in [0.1, 0.15) is 0 Å². The first-order valence-electron chi connectivity index (χ1n) is 6.16. The Balaban J connectivity index is 2.16. The van der Waals surface area contributed by atoms with Crippen LogP contribution in [0, 0.1) is 0 Å². The molecule has 1 aliphatic heterocycles. The Labute approximate surface area is 103 Å². The van der Waals surface area contributed by atoms with Gasteiger partial charge in [-0.25, -0.2) is 0 Å². The molecule has 0 radical (unpaired) electrons. The standard InChI is InChI=1S/C11H25N3O3/c1-13(7-10(15)6-12)8-11(16)9-14-2-4-17-5-3-14/h10-11,15-16H,2-9,12H2,1H3/t10-,11-/m1/s1. The maximum atomic E-state index is 9.92. The highest BCUT2D eigenvalue weighted by atomic mass is 16.5. The molecule has 0 bridgehead atoms. The number of ether oxygens (including phenoxy) is 1. The van der Waals surface area contributed by atoms with E-state index in [0.29, 0.717) is 19.6 Å². The van der Waals surface area contributed by atoms with Gasteiger partial charge in [0.15, 0.2) is 0 Å². The van der Waals surface area contributed by atoms with Crippen LogP contribution < -0.4 is 5.73 Å². The van der Waals surface area contributed by atoms with Crippen molar-refractivity contribution in [3.8, 4) is 0 Å². The largest absolute Gasteiger partial charge is 0.390 e. The van der Waals surface area contributed by atoms with E-state index in [1.807, 2.05) is 11.9 Å². The number of nitrogens with zero attached hydrogens (tertiary/aromatic N) is 2. The molecule has 0 amide bonds. The number of nitrogens with two attached hydrogens (primary N) is 1. The fraction of sp³-hybridized carbons (Fsp3) is 1.00. The molecule has 0 saturated carbocycles. The van der Waals surface area contributed by atoms with E-state index in [2.05, 4.69) is 4.90 Å². The molecule has 2 atom stereocenters. The Morgan fingerprint density at radius 2 is 1.82 bits per heavy atom. The minimum atomic E-state index is -0.518. The summed E-state index contributed by atoms with van der Waals surface area (Å²) in [5.41, 5.74) is 5.34. The first-order chi connectivity index (χ1) is 8.11. The molecule has 17 heavy (non-hydrogen) atoms. The van der Waals surface area contributed by atoms with Crippen molar-refractivity contribution in [3.63, 3.8) is 0 Å². The van der Waals surface area contributed by atoms with Crippen LogP contribution in [0.4, 0.5) is 0 Å². The van der Waals surface area contributed by atoms with E-state index in [9.17, 15) is 10.2 Å². The molecule has 1 rings (SSSR count). The Morgan fingerprint density at radius 1 is 1.24 bits per heavy atom. The van der Waals surface area contributed by atoms with E-state index in [-0.39, 0.29) is 6.54 Å². The molecule has 1 heterocycles. The van der Waals surface area contributed by atoms with Crippen LogP contribution in [-0.2, 0) is 4.74 Å². The van der Waals surface area contributed by atoms with Crippen LogP contribution in [-0.4, -0.2) is 91.8 Å². The Morgan fingerprint density at radius 3 is 2.41 bits per heavy atom. The average molecular weight is 247 g/mol. The van der Waals surface area contributed by atoms with Gasteiger partial charge >= 0.3 is 0 Å². The number of morpholine rings is 1. The van der Waals surface area contributed by atoms with Crippen molar-refractivity contribution in [2.75, 3.05) is 59.5 Å². The number of rotatable bonds is 7. The highest BCUT2D eigenvalue weighted by Gasteiger charge is 2.16. The number of likely N-dealkylation sites (N-methyl/N-ethyl adjacent to an activating group) is 1. The van der Waals surface area contributed by atoms with Crippen LogP contribution in [0.15, 0.2) is 0 Å². The van der Waals surface area contributed by atoms with Gasteiger partial charge in [0.2, 0.25) is 0 Å².